The SMILES string of the molecule is CC1=C(Cl)C(Cl)=C(Cl)C1(C)Cl. The van der Waals surface area contributed by atoms with E-state index in [1.165, 1.54) is 0 Å². The minimum Gasteiger partial charge on any atom is -0.108 e. The molecule has 11 heavy (non-hydrogen) atoms. The Hall–Kier alpha value is 0.640. The largest absolute Gasteiger partial charge is 0.108 e. The van der Waals surface area contributed by atoms with Crippen LogP contribution in [0.3, 0.4) is 0 Å². The van der Waals surface area contributed by atoms with E-state index in [2.05, 4.69) is 0 Å². The molecule has 0 spiro atoms. The maximum absolute atomic E-state index is 6.04. The molecule has 1 rings (SSSR count). The highest BCUT2D eigenvalue weighted by Crippen LogP contribution is 2.49. The first-order valence-electron chi connectivity index (χ1n) is 3.01. The maximum Gasteiger partial charge on any atom is 0.101 e. The van der Waals surface area contributed by atoms with Gasteiger partial charge >= 0.3 is 0 Å². The summed E-state index contributed by atoms with van der Waals surface area (Å²) in [5.74, 6) is 0. The molecule has 0 bridgehead atoms. The van der Waals surface area contributed by atoms with Gasteiger partial charge in [0.2, 0.25) is 0 Å². The number of alkyl halides is 1. The van der Waals surface area contributed by atoms with E-state index in [9.17, 15) is 0 Å². The number of hydrogen-bond donors (Lipinski definition) is 0. The topological polar surface area (TPSA) is 0 Å². The molecule has 0 saturated carbocycles. The van der Waals surface area contributed by atoms with Gasteiger partial charge in [-0.2, -0.15) is 0 Å². The standard InChI is InChI=1S/C7H6Cl4/c1-3-4(8)5(9)6(10)7(3,2)11/h1-2H3. The summed E-state index contributed by atoms with van der Waals surface area (Å²) in [5, 5.41) is 1.24. The summed E-state index contributed by atoms with van der Waals surface area (Å²) >= 11 is 23.5. The molecule has 0 radical (unpaired) electrons. The Morgan fingerprint density at radius 1 is 1.09 bits per heavy atom. The second kappa shape index (κ2) is 2.85. The Labute approximate surface area is 85.8 Å². The molecule has 0 aromatic rings. The van der Waals surface area contributed by atoms with Crippen molar-refractivity contribution in [2.45, 2.75) is 18.7 Å². The molecule has 1 aliphatic carbocycles. The first-order valence-corrected chi connectivity index (χ1v) is 4.52. The van der Waals surface area contributed by atoms with E-state index in [0.717, 1.165) is 5.57 Å². The fraction of sp³-hybridized carbons (Fsp3) is 0.429. The number of rotatable bonds is 0. The number of halogens is 4. The lowest BCUT2D eigenvalue weighted by Crippen LogP contribution is -2.15. The van der Waals surface area contributed by atoms with Gasteiger partial charge in [-0.3, -0.25) is 0 Å². The third kappa shape index (κ3) is 1.31. The summed E-state index contributed by atoms with van der Waals surface area (Å²) in [6.07, 6.45) is 0. The van der Waals surface area contributed by atoms with Crippen molar-refractivity contribution >= 4 is 46.4 Å². The predicted octanol–water partition coefficient (Wildman–Crippen LogP) is 4.20. The number of allylic oxidation sites excluding steroid dienone is 4. The summed E-state index contributed by atoms with van der Waals surface area (Å²) in [6.45, 7) is 3.58. The molecule has 0 N–H and O–H groups in total. The van der Waals surface area contributed by atoms with Crippen molar-refractivity contribution in [2.75, 3.05) is 0 Å². The van der Waals surface area contributed by atoms with Crippen LogP contribution < -0.4 is 0 Å². The van der Waals surface area contributed by atoms with Crippen molar-refractivity contribution in [3.63, 3.8) is 0 Å². The van der Waals surface area contributed by atoms with Gasteiger partial charge in [-0.1, -0.05) is 34.8 Å². The fourth-order valence-electron chi connectivity index (χ4n) is 0.838. The van der Waals surface area contributed by atoms with Gasteiger partial charge in [-0.15, -0.1) is 11.6 Å². The minimum absolute atomic E-state index is 0.364. The summed E-state index contributed by atoms with van der Waals surface area (Å²) in [6, 6.07) is 0. The van der Waals surface area contributed by atoms with Gasteiger partial charge in [0.25, 0.3) is 0 Å². The first kappa shape index (κ1) is 9.73. The second-order valence-corrected chi connectivity index (χ2v) is 4.46. The van der Waals surface area contributed by atoms with Gasteiger partial charge < -0.3 is 0 Å². The average molecular weight is 232 g/mol. The van der Waals surface area contributed by atoms with Crippen LogP contribution in [0.15, 0.2) is 20.7 Å². The van der Waals surface area contributed by atoms with Crippen molar-refractivity contribution in [3.05, 3.63) is 20.7 Å². The quantitative estimate of drug-likeness (QED) is 0.549. The highest BCUT2D eigenvalue weighted by atomic mass is 35.5. The molecule has 0 aromatic carbocycles. The summed E-state index contributed by atoms with van der Waals surface area (Å²) in [5.41, 5.74) is 0.802. The molecule has 1 aliphatic rings. The lowest BCUT2D eigenvalue weighted by molar-refractivity contribution is 0.911. The van der Waals surface area contributed by atoms with E-state index < -0.39 is 4.87 Å². The number of hydrogen-bond acceptors (Lipinski definition) is 0. The van der Waals surface area contributed by atoms with Crippen LogP contribution in [0.4, 0.5) is 0 Å². The first-order chi connectivity index (χ1) is 4.89. The van der Waals surface area contributed by atoms with Crippen LogP contribution in [0.1, 0.15) is 13.8 Å². The predicted molar refractivity (Wildman–Crippen MR) is 51.5 cm³/mol. The highest BCUT2D eigenvalue weighted by molar-refractivity contribution is 6.53. The average Bonchev–Trinajstić information content (AvgIpc) is 2.06. The van der Waals surface area contributed by atoms with Crippen molar-refractivity contribution in [1.82, 2.24) is 0 Å². The Balaban J connectivity index is 3.27. The van der Waals surface area contributed by atoms with Crippen LogP contribution in [0.5, 0.6) is 0 Å². The molecule has 0 fully saturated rings. The zero-order chi connectivity index (χ0) is 8.81. The van der Waals surface area contributed by atoms with Crippen molar-refractivity contribution < 1.29 is 0 Å². The molecule has 0 amide bonds. The third-order valence-electron chi connectivity index (χ3n) is 1.83. The molecule has 4 heteroatoms. The van der Waals surface area contributed by atoms with Gasteiger partial charge in [0.1, 0.15) is 4.87 Å². The lowest BCUT2D eigenvalue weighted by Gasteiger charge is -2.16. The van der Waals surface area contributed by atoms with E-state index >= 15 is 0 Å². The van der Waals surface area contributed by atoms with Gasteiger partial charge in [0.15, 0.2) is 0 Å². The lowest BCUT2D eigenvalue weighted by atomic mass is 10.1. The molecule has 1 unspecified atom stereocenters. The van der Waals surface area contributed by atoms with Gasteiger partial charge in [-0.25, -0.2) is 0 Å². The Kier molecular flexibility index (Phi) is 2.52. The monoisotopic (exact) mass is 230 g/mol. The van der Waals surface area contributed by atoms with E-state index in [4.69, 9.17) is 46.4 Å². The molecule has 62 valence electrons. The highest BCUT2D eigenvalue weighted by Gasteiger charge is 2.38. The van der Waals surface area contributed by atoms with Crippen LogP contribution in [-0.2, 0) is 0 Å². The Morgan fingerprint density at radius 2 is 1.55 bits per heavy atom. The van der Waals surface area contributed by atoms with Crippen LogP contribution >= 0.6 is 46.4 Å². The molecule has 0 aliphatic heterocycles. The zero-order valence-electron chi connectivity index (χ0n) is 6.01. The summed E-state index contributed by atoms with van der Waals surface area (Å²) < 4.78 is 0. The van der Waals surface area contributed by atoms with Crippen molar-refractivity contribution in [3.8, 4) is 0 Å². The van der Waals surface area contributed by atoms with Gasteiger partial charge in [0, 0.05) is 0 Å². The maximum atomic E-state index is 6.04. The van der Waals surface area contributed by atoms with Gasteiger partial charge in [-0.05, 0) is 19.4 Å². The molecule has 0 aromatic heterocycles. The Bertz CT molecular complexity index is 234. The zero-order valence-corrected chi connectivity index (χ0v) is 9.04. The van der Waals surface area contributed by atoms with Crippen molar-refractivity contribution in [1.29, 1.82) is 0 Å². The summed E-state index contributed by atoms with van der Waals surface area (Å²) in [4.78, 5) is -0.713. The van der Waals surface area contributed by atoms with Crippen LogP contribution in [0.25, 0.3) is 0 Å². The molecular weight excluding hydrogens is 226 g/mol. The second-order valence-electron chi connectivity index (χ2n) is 2.57. The molecule has 1 atom stereocenters. The van der Waals surface area contributed by atoms with Crippen LogP contribution in [0.2, 0.25) is 0 Å². The van der Waals surface area contributed by atoms with E-state index in [-0.39, 0.29) is 0 Å². The Morgan fingerprint density at radius 3 is 1.64 bits per heavy atom. The van der Waals surface area contributed by atoms with Crippen LogP contribution in [0, 0.1) is 0 Å². The molecule has 0 nitrogen and oxygen atoms in total. The smallest absolute Gasteiger partial charge is 0.101 e. The van der Waals surface area contributed by atoms with Crippen LogP contribution in [-0.4, -0.2) is 4.87 Å². The van der Waals surface area contributed by atoms with Gasteiger partial charge in [0.05, 0.1) is 15.1 Å². The normalized spacial score (nSPS) is 32.2. The molecule has 0 saturated heterocycles. The third-order valence-corrected chi connectivity index (χ3v) is 4.01. The van der Waals surface area contributed by atoms with Crippen molar-refractivity contribution in [2.24, 2.45) is 0 Å². The fourth-order valence-corrected chi connectivity index (χ4v) is 2.02. The molecular formula is C7H6Cl4. The van der Waals surface area contributed by atoms with E-state index in [1.807, 2.05) is 6.92 Å². The van der Waals surface area contributed by atoms with E-state index in [1.54, 1.807) is 6.92 Å². The molecule has 0 heterocycles. The summed E-state index contributed by atoms with van der Waals surface area (Å²) in [7, 11) is 0. The van der Waals surface area contributed by atoms with E-state index in [0.29, 0.717) is 15.1 Å². The minimum atomic E-state index is -0.713.